The van der Waals surface area contributed by atoms with E-state index >= 15 is 0 Å². The molecule has 0 aliphatic carbocycles. The highest BCUT2D eigenvalue weighted by molar-refractivity contribution is 7.82. The average molecular weight is 226 g/mol. The second-order valence-corrected chi connectivity index (χ2v) is 3.22. The molecule has 4 nitrogen and oxygen atoms in total. The third-order valence-corrected chi connectivity index (χ3v) is 1.92. The average Bonchev–Trinajstić information content (AvgIpc) is 2.19. The number of nitrogens with one attached hydrogen (secondary N) is 2. The number of thiocarbonyl (C=S) groups is 2. The van der Waals surface area contributed by atoms with Crippen molar-refractivity contribution >= 4 is 34.5 Å². The van der Waals surface area contributed by atoms with Crippen molar-refractivity contribution in [1.82, 2.24) is 20.6 Å². The van der Waals surface area contributed by atoms with Crippen LogP contribution in [0.5, 0.6) is 0 Å². The number of nitrogens with zero attached hydrogens (tertiary/aromatic N) is 2. The van der Waals surface area contributed by atoms with Gasteiger partial charge in [0.25, 0.3) is 0 Å². The highest BCUT2D eigenvalue weighted by atomic mass is 32.1. The SMILES string of the molecule is CCNC(=S)NC(=S)c1cnccn1. The van der Waals surface area contributed by atoms with Gasteiger partial charge in [-0.1, -0.05) is 12.2 Å². The van der Waals surface area contributed by atoms with Gasteiger partial charge in [0.05, 0.1) is 6.20 Å². The van der Waals surface area contributed by atoms with Crippen molar-refractivity contribution in [3.05, 3.63) is 24.3 Å². The summed E-state index contributed by atoms with van der Waals surface area (Å²) in [5.41, 5.74) is 0.614. The molecule has 0 saturated carbocycles. The molecule has 1 rings (SSSR count). The maximum Gasteiger partial charge on any atom is 0.171 e. The van der Waals surface area contributed by atoms with Crippen molar-refractivity contribution in [1.29, 1.82) is 0 Å². The Morgan fingerprint density at radius 3 is 2.79 bits per heavy atom. The monoisotopic (exact) mass is 226 g/mol. The highest BCUT2D eigenvalue weighted by Crippen LogP contribution is 1.91. The molecule has 0 spiro atoms. The quantitative estimate of drug-likeness (QED) is 0.722. The summed E-state index contributed by atoms with van der Waals surface area (Å²) in [6, 6.07) is 0. The molecule has 0 saturated heterocycles. The predicted octanol–water partition coefficient (Wildman–Crippen LogP) is 0.636. The van der Waals surface area contributed by atoms with Crippen LogP contribution in [0.15, 0.2) is 18.6 Å². The highest BCUT2D eigenvalue weighted by Gasteiger charge is 2.03. The maximum atomic E-state index is 5.07. The molecular weight excluding hydrogens is 216 g/mol. The third kappa shape index (κ3) is 3.31. The van der Waals surface area contributed by atoms with Crippen LogP contribution in [0.1, 0.15) is 12.6 Å². The Morgan fingerprint density at radius 1 is 1.43 bits per heavy atom. The van der Waals surface area contributed by atoms with Gasteiger partial charge in [-0.25, -0.2) is 0 Å². The van der Waals surface area contributed by atoms with Gasteiger partial charge in [-0.3, -0.25) is 9.97 Å². The molecule has 0 atom stereocenters. The lowest BCUT2D eigenvalue weighted by atomic mass is 10.4. The zero-order valence-electron chi connectivity index (χ0n) is 7.65. The molecule has 0 bridgehead atoms. The first-order chi connectivity index (χ1) is 6.74. The smallest absolute Gasteiger partial charge is 0.171 e. The van der Waals surface area contributed by atoms with Crippen molar-refractivity contribution in [2.45, 2.75) is 6.92 Å². The number of hydrogen-bond donors (Lipinski definition) is 2. The molecule has 1 aromatic heterocycles. The summed E-state index contributed by atoms with van der Waals surface area (Å²) in [5.74, 6) is 0. The van der Waals surface area contributed by atoms with Crippen molar-refractivity contribution in [2.24, 2.45) is 0 Å². The van der Waals surface area contributed by atoms with Gasteiger partial charge in [-0.05, 0) is 19.1 Å². The maximum absolute atomic E-state index is 5.07. The lowest BCUT2D eigenvalue weighted by Gasteiger charge is -2.08. The summed E-state index contributed by atoms with van der Waals surface area (Å²) < 4.78 is 0. The standard InChI is InChI=1S/C8H10N4S2/c1-2-10-8(14)12-7(13)6-5-9-3-4-11-6/h3-5H,2H2,1H3,(H2,10,12,13,14). The van der Waals surface area contributed by atoms with Crippen LogP contribution < -0.4 is 10.6 Å². The van der Waals surface area contributed by atoms with Gasteiger partial charge < -0.3 is 10.6 Å². The fourth-order valence-electron chi connectivity index (χ4n) is 0.788. The lowest BCUT2D eigenvalue weighted by molar-refractivity contribution is 0.957. The fraction of sp³-hybridized carbons (Fsp3) is 0.250. The Morgan fingerprint density at radius 2 is 2.21 bits per heavy atom. The Balaban J connectivity index is 2.55. The summed E-state index contributed by atoms with van der Waals surface area (Å²) >= 11 is 10.0. The third-order valence-electron chi connectivity index (χ3n) is 1.36. The molecule has 6 heteroatoms. The minimum Gasteiger partial charge on any atom is -0.363 e. The summed E-state index contributed by atoms with van der Waals surface area (Å²) in [6.45, 7) is 2.72. The molecule has 0 aliphatic rings. The van der Waals surface area contributed by atoms with Crippen LogP contribution in [0.3, 0.4) is 0 Å². The molecule has 2 N–H and O–H groups in total. The van der Waals surface area contributed by atoms with Gasteiger partial charge in [-0.15, -0.1) is 0 Å². The molecule has 1 heterocycles. The van der Waals surface area contributed by atoms with Crippen LogP contribution in [0.4, 0.5) is 0 Å². The van der Waals surface area contributed by atoms with Gasteiger partial charge in [0.2, 0.25) is 0 Å². The van der Waals surface area contributed by atoms with Crippen LogP contribution >= 0.6 is 24.4 Å². The molecule has 0 radical (unpaired) electrons. The van der Waals surface area contributed by atoms with Gasteiger partial charge in [-0.2, -0.15) is 0 Å². The van der Waals surface area contributed by atoms with Gasteiger partial charge in [0, 0.05) is 18.9 Å². The normalized spacial score (nSPS) is 9.21. The van der Waals surface area contributed by atoms with E-state index in [2.05, 4.69) is 20.6 Å². The second-order valence-electron chi connectivity index (χ2n) is 2.40. The van der Waals surface area contributed by atoms with Crippen LogP contribution in [0, 0.1) is 0 Å². The minimum absolute atomic E-state index is 0.476. The Kier molecular flexibility index (Phi) is 4.34. The largest absolute Gasteiger partial charge is 0.363 e. The topological polar surface area (TPSA) is 49.8 Å². The lowest BCUT2D eigenvalue weighted by Crippen LogP contribution is -2.38. The molecule has 0 amide bonds. The summed E-state index contributed by atoms with van der Waals surface area (Å²) in [5, 5.41) is 6.28. The van der Waals surface area contributed by atoms with Crippen molar-refractivity contribution in [2.75, 3.05) is 6.54 Å². The van der Waals surface area contributed by atoms with Crippen LogP contribution in [0.25, 0.3) is 0 Å². The molecule has 74 valence electrons. The first-order valence-corrected chi connectivity index (χ1v) is 4.91. The van der Waals surface area contributed by atoms with Crippen LogP contribution in [0.2, 0.25) is 0 Å². The Bertz CT molecular complexity index is 325. The Labute approximate surface area is 93.1 Å². The summed E-state index contributed by atoms with van der Waals surface area (Å²) in [4.78, 5) is 8.42. The zero-order chi connectivity index (χ0) is 10.4. The fourth-order valence-corrected chi connectivity index (χ4v) is 1.31. The van der Waals surface area contributed by atoms with E-state index in [0.717, 1.165) is 6.54 Å². The van der Waals surface area contributed by atoms with E-state index in [9.17, 15) is 0 Å². The Hall–Kier alpha value is -1.14. The van der Waals surface area contributed by atoms with Gasteiger partial charge in [0.1, 0.15) is 10.7 Å². The first-order valence-electron chi connectivity index (χ1n) is 4.09. The van der Waals surface area contributed by atoms with E-state index < -0.39 is 0 Å². The molecule has 0 fully saturated rings. The zero-order valence-corrected chi connectivity index (χ0v) is 9.28. The van der Waals surface area contributed by atoms with E-state index in [0.29, 0.717) is 15.8 Å². The van der Waals surface area contributed by atoms with Crippen molar-refractivity contribution in [3.63, 3.8) is 0 Å². The molecule has 0 aromatic carbocycles. The predicted molar refractivity (Wildman–Crippen MR) is 63.1 cm³/mol. The van der Waals surface area contributed by atoms with Gasteiger partial charge in [0.15, 0.2) is 5.11 Å². The van der Waals surface area contributed by atoms with E-state index in [1.54, 1.807) is 18.6 Å². The molecule has 0 unspecified atom stereocenters. The van der Waals surface area contributed by atoms with Crippen LogP contribution in [-0.2, 0) is 0 Å². The second kappa shape index (κ2) is 5.56. The number of rotatable bonds is 2. The van der Waals surface area contributed by atoms with E-state index in [1.165, 1.54) is 0 Å². The number of aromatic nitrogens is 2. The molecular formula is C8H10N4S2. The minimum atomic E-state index is 0.476. The van der Waals surface area contributed by atoms with Crippen molar-refractivity contribution in [3.8, 4) is 0 Å². The van der Waals surface area contributed by atoms with Crippen LogP contribution in [-0.4, -0.2) is 26.6 Å². The molecule has 1 aromatic rings. The van der Waals surface area contributed by atoms with Gasteiger partial charge >= 0.3 is 0 Å². The summed E-state index contributed by atoms with van der Waals surface area (Å²) in [7, 11) is 0. The van der Waals surface area contributed by atoms with E-state index in [4.69, 9.17) is 24.4 Å². The van der Waals surface area contributed by atoms with E-state index in [1.807, 2.05) is 6.92 Å². The summed E-state index contributed by atoms with van der Waals surface area (Å²) in [6.07, 6.45) is 4.76. The van der Waals surface area contributed by atoms with Crippen molar-refractivity contribution < 1.29 is 0 Å². The first kappa shape index (κ1) is 10.9. The molecule has 0 aliphatic heterocycles. The number of hydrogen-bond acceptors (Lipinski definition) is 4. The molecule has 14 heavy (non-hydrogen) atoms. The van der Waals surface area contributed by atoms with E-state index in [-0.39, 0.29) is 0 Å².